The molecule has 0 bridgehead atoms. The van der Waals surface area contributed by atoms with Crippen molar-refractivity contribution in [2.45, 2.75) is 26.2 Å². The van der Waals surface area contributed by atoms with Crippen LogP contribution in [0.5, 0.6) is 0 Å². The zero-order valence-electron chi connectivity index (χ0n) is 16.4. The van der Waals surface area contributed by atoms with E-state index in [1.807, 2.05) is 31.4 Å². The van der Waals surface area contributed by atoms with Crippen LogP contribution in [-0.2, 0) is 11.8 Å². The maximum atomic E-state index is 12.6. The Morgan fingerprint density at radius 3 is 2.46 bits per heavy atom. The zero-order chi connectivity index (χ0) is 20.3. The number of carbonyl (C=O) groups is 1. The maximum absolute atomic E-state index is 12.6. The summed E-state index contributed by atoms with van der Waals surface area (Å²) in [6.07, 6.45) is 2.34. The van der Waals surface area contributed by atoms with Gasteiger partial charge >= 0.3 is 0 Å². The average Bonchev–Trinajstić information content (AvgIpc) is 3.01. The first-order chi connectivity index (χ1) is 13.4. The van der Waals surface area contributed by atoms with Crippen molar-refractivity contribution in [2.24, 2.45) is 13.0 Å². The standard InChI is InChI=1S/C22H25N3O3/c1-15(2)13-23-22(26)12-19(16-8-10-17(11-9-16)25(27)28)20-14-24(3)21-7-5-4-6-18(20)21/h4-11,14-15,19H,12-13H2,1-3H3,(H,23,26)/t19-/m0/s1. The third-order valence-electron chi connectivity index (χ3n) is 4.91. The molecule has 6 heteroatoms. The monoisotopic (exact) mass is 379 g/mol. The van der Waals surface area contributed by atoms with Gasteiger partial charge in [0.25, 0.3) is 5.69 Å². The van der Waals surface area contributed by atoms with Crippen molar-refractivity contribution in [1.82, 2.24) is 9.88 Å². The zero-order valence-corrected chi connectivity index (χ0v) is 16.4. The minimum absolute atomic E-state index is 0.0232. The van der Waals surface area contributed by atoms with E-state index in [2.05, 4.69) is 29.8 Å². The van der Waals surface area contributed by atoms with Gasteiger partial charge in [0.2, 0.25) is 5.91 Å². The molecule has 0 radical (unpaired) electrons. The van der Waals surface area contributed by atoms with Gasteiger partial charge in [-0.15, -0.1) is 0 Å². The molecule has 0 saturated heterocycles. The van der Waals surface area contributed by atoms with E-state index < -0.39 is 4.92 Å². The Balaban J connectivity index is 2.00. The minimum atomic E-state index is -0.411. The number of para-hydroxylation sites is 1. The number of amides is 1. The van der Waals surface area contributed by atoms with Gasteiger partial charge in [-0.3, -0.25) is 14.9 Å². The van der Waals surface area contributed by atoms with Crippen molar-refractivity contribution in [3.8, 4) is 0 Å². The second-order valence-electron chi connectivity index (χ2n) is 7.52. The van der Waals surface area contributed by atoms with Gasteiger partial charge in [0.05, 0.1) is 4.92 Å². The fraction of sp³-hybridized carbons (Fsp3) is 0.318. The van der Waals surface area contributed by atoms with Gasteiger partial charge in [-0.1, -0.05) is 44.2 Å². The Hall–Kier alpha value is -3.15. The van der Waals surface area contributed by atoms with Crippen LogP contribution in [0.4, 0.5) is 5.69 Å². The number of hydrogen-bond donors (Lipinski definition) is 1. The highest BCUT2D eigenvalue weighted by Crippen LogP contribution is 2.35. The highest BCUT2D eigenvalue weighted by Gasteiger charge is 2.23. The highest BCUT2D eigenvalue weighted by atomic mass is 16.6. The van der Waals surface area contributed by atoms with Crippen LogP contribution in [0, 0.1) is 16.0 Å². The molecule has 6 nitrogen and oxygen atoms in total. The highest BCUT2D eigenvalue weighted by molar-refractivity contribution is 5.86. The molecule has 3 rings (SSSR count). The predicted molar refractivity (Wildman–Crippen MR) is 110 cm³/mol. The first-order valence-corrected chi connectivity index (χ1v) is 9.41. The molecule has 1 aromatic heterocycles. The van der Waals surface area contributed by atoms with Gasteiger partial charge < -0.3 is 9.88 Å². The Kier molecular flexibility index (Phi) is 5.78. The van der Waals surface area contributed by atoms with Crippen LogP contribution < -0.4 is 5.32 Å². The quantitative estimate of drug-likeness (QED) is 0.489. The normalized spacial score (nSPS) is 12.3. The van der Waals surface area contributed by atoms with E-state index in [-0.39, 0.29) is 17.5 Å². The molecule has 3 aromatic rings. The van der Waals surface area contributed by atoms with Crippen LogP contribution in [0.1, 0.15) is 37.3 Å². The van der Waals surface area contributed by atoms with Gasteiger partial charge in [-0.2, -0.15) is 0 Å². The lowest BCUT2D eigenvalue weighted by Gasteiger charge is -2.18. The molecule has 0 fully saturated rings. The number of carbonyl (C=O) groups excluding carboxylic acids is 1. The van der Waals surface area contributed by atoms with Crippen LogP contribution in [0.15, 0.2) is 54.7 Å². The van der Waals surface area contributed by atoms with Crippen LogP contribution in [0.2, 0.25) is 0 Å². The van der Waals surface area contributed by atoms with Crippen LogP contribution in [0.25, 0.3) is 10.9 Å². The SMILES string of the molecule is CC(C)CNC(=O)C[C@@H](c1ccc([N+](=O)[O-])cc1)c1cn(C)c2ccccc12. The molecule has 0 saturated carbocycles. The molecule has 28 heavy (non-hydrogen) atoms. The predicted octanol–water partition coefficient (Wildman–Crippen LogP) is 4.38. The van der Waals surface area contributed by atoms with E-state index in [4.69, 9.17) is 0 Å². The summed E-state index contributed by atoms with van der Waals surface area (Å²) in [6, 6.07) is 14.6. The number of non-ortho nitro benzene ring substituents is 1. The Bertz CT molecular complexity index is 990. The number of hydrogen-bond acceptors (Lipinski definition) is 3. The van der Waals surface area contributed by atoms with E-state index in [0.717, 1.165) is 22.0 Å². The lowest BCUT2D eigenvalue weighted by molar-refractivity contribution is -0.384. The number of nitrogens with one attached hydrogen (secondary N) is 1. The molecule has 2 aromatic carbocycles. The smallest absolute Gasteiger partial charge is 0.269 e. The number of nitrogens with zero attached hydrogens (tertiary/aromatic N) is 2. The summed E-state index contributed by atoms with van der Waals surface area (Å²) in [5, 5.41) is 15.1. The number of fused-ring (bicyclic) bond motifs is 1. The summed E-state index contributed by atoms with van der Waals surface area (Å²) in [6.45, 7) is 4.74. The van der Waals surface area contributed by atoms with E-state index >= 15 is 0 Å². The molecule has 1 heterocycles. The number of nitro groups is 1. The first-order valence-electron chi connectivity index (χ1n) is 9.41. The summed E-state index contributed by atoms with van der Waals surface area (Å²) in [5.74, 6) is 0.170. The van der Waals surface area contributed by atoms with Crippen molar-refractivity contribution in [3.63, 3.8) is 0 Å². The topological polar surface area (TPSA) is 77.2 Å². The second kappa shape index (κ2) is 8.25. The first kappa shape index (κ1) is 19.6. The van der Waals surface area contributed by atoms with Crippen molar-refractivity contribution < 1.29 is 9.72 Å². The number of aromatic nitrogens is 1. The third-order valence-corrected chi connectivity index (χ3v) is 4.91. The third kappa shape index (κ3) is 4.22. The van der Waals surface area contributed by atoms with Crippen LogP contribution in [0.3, 0.4) is 0 Å². The van der Waals surface area contributed by atoms with E-state index in [0.29, 0.717) is 18.9 Å². The van der Waals surface area contributed by atoms with Crippen molar-refractivity contribution in [2.75, 3.05) is 6.54 Å². The van der Waals surface area contributed by atoms with Crippen molar-refractivity contribution in [1.29, 1.82) is 0 Å². The molecular formula is C22H25N3O3. The van der Waals surface area contributed by atoms with Gasteiger partial charge in [-0.05, 0) is 23.1 Å². The summed E-state index contributed by atoms with van der Waals surface area (Å²) >= 11 is 0. The van der Waals surface area contributed by atoms with Gasteiger partial charge in [0.15, 0.2) is 0 Å². The molecule has 1 amide bonds. The number of rotatable bonds is 7. The average molecular weight is 379 g/mol. The van der Waals surface area contributed by atoms with Crippen LogP contribution in [-0.4, -0.2) is 21.9 Å². The lowest BCUT2D eigenvalue weighted by Crippen LogP contribution is -2.28. The second-order valence-corrected chi connectivity index (χ2v) is 7.52. The summed E-state index contributed by atoms with van der Waals surface area (Å²) in [7, 11) is 1.98. The Labute approximate surface area is 164 Å². The van der Waals surface area contributed by atoms with Crippen LogP contribution >= 0.6 is 0 Å². The van der Waals surface area contributed by atoms with E-state index in [1.165, 1.54) is 12.1 Å². The van der Waals surface area contributed by atoms with E-state index in [9.17, 15) is 14.9 Å². The molecule has 1 atom stereocenters. The lowest BCUT2D eigenvalue weighted by atomic mass is 9.88. The fourth-order valence-corrected chi connectivity index (χ4v) is 3.46. The van der Waals surface area contributed by atoms with E-state index in [1.54, 1.807) is 12.1 Å². The number of benzene rings is 2. The minimum Gasteiger partial charge on any atom is -0.356 e. The largest absolute Gasteiger partial charge is 0.356 e. The summed E-state index contributed by atoms with van der Waals surface area (Å²) < 4.78 is 2.05. The number of nitro benzene ring substituents is 1. The maximum Gasteiger partial charge on any atom is 0.269 e. The fourth-order valence-electron chi connectivity index (χ4n) is 3.46. The Morgan fingerprint density at radius 1 is 1.14 bits per heavy atom. The summed E-state index contributed by atoms with van der Waals surface area (Å²) in [4.78, 5) is 23.2. The molecule has 0 aliphatic rings. The van der Waals surface area contributed by atoms with Gasteiger partial charge in [0.1, 0.15) is 0 Å². The number of aryl methyl sites for hydroxylation is 1. The van der Waals surface area contributed by atoms with Gasteiger partial charge in [0, 0.05) is 55.2 Å². The Morgan fingerprint density at radius 2 is 1.82 bits per heavy atom. The molecule has 0 aliphatic heterocycles. The summed E-state index contributed by atoms with van der Waals surface area (Å²) in [5.41, 5.74) is 3.07. The van der Waals surface area contributed by atoms with Crippen molar-refractivity contribution >= 4 is 22.5 Å². The molecule has 0 spiro atoms. The molecule has 0 unspecified atom stereocenters. The molecule has 146 valence electrons. The molecular weight excluding hydrogens is 354 g/mol. The van der Waals surface area contributed by atoms with Crippen molar-refractivity contribution in [3.05, 3.63) is 76.0 Å². The molecule has 0 aliphatic carbocycles. The molecule has 1 N–H and O–H groups in total. The van der Waals surface area contributed by atoms with Gasteiger partial charge in [-0.25, -0.2) is 0 Å².